The first-order chi connectivity index (χ1) is 9.58. The van der Waals surface area contributed by atoms with E-state index in [4.69, 9.17) is 5.11 Å². The molecule has 1 unspecified atom stereocenters. The van der Waals surface area contributed by atoms with Gasteiger partial charge in [-0.05, 0) is 30.0 Å². The van der Waals surface area contributed by atoms with Crippen LogP contribution in [0.25, 0.3) is 0 Å². The third-order valence-electron chi connectivity index (χ3n) is 3.23. The average molecular weight is 290 g/mol. The summed E-state index contributed by atoms with van der Waals surface area (Å²) in [4.78, 5) is 14.9. The lowest BCUT2D eigenvalue weighted by Gasteiger charge is -2.09. The summed E-state index contributed by atoms with van der Waals surface area (Å²) in [5.74, 6) is -0.300. The molecule has 5 heteroatoms. The number of aliphatic carboxylic acids is 1. The minimum atomic E-state index is -0.861. The zero-order valence-electron chi connectivity index (χ0n) is 11.6. The van der Waals surface area contributed by atoms with Crippen LogP contribution in [-0.4, -0.2) is 16.1 Å². The maximum Gasteiger partial charge on any atom is 0.309 e. The number of hydrogen-bond acceptors (Lipinski definition) is 4. The molecule has 0 fully saturated rings. The predicted octanol–water partition coefficient (Wildman–Crippen LogP) is 4.03. The highest BCUT2D eigenvalue weighted by Crippen LogP contribution is 2.24. The van der Waals surface area contributed by atoms with Crippen molar-refractivity contribution in [1.82, 2.24) is 4.98 Å². The largest absolute Gasteiger partial charge is 0.481 e. The normalized spacial score (nSPS) is 12.1. The van der Waals surface area contributed by atoms with Gasteiger partial charge in [0.05, 0.1) is 12.1 Å². The molecule has 2 rings (SSSR count). The number of thiazole rings is 1. The molecule has 1 heterocycles. The third-order valence-corrected chi connectivity index (χ3v) is 4.03. The van der Waals surface area contributed by atoms with Gasteiger partial charge in [0.15, 0.2) is 5.13 Å². The van der Waals surface area contributed by atoms with Crippen LogP contribution in [0, 0.1) is 0 Å². The van der Waals surface area contributed by atoms with Crippen LogP contribution in [0.4, 0.5) is 10.8 Å². The quantitative estimate of drug-likeness (QED) is 0.843. The van der Waals surface area contributed by atoms with Gasteiger partial charge in [0.25, 0.3) is 0 Å². The molecule has 0 aliphatic heterocycles. The molecule has 0 spiro atoms. The summed E-state index contributed by atoms with van der Waals surface area (Å²) < 4.78 is 0. The Labute approximate surface area is 122 Å². The number of aromatic nitrogens is 1. The maximum absolute atomic E-state index is 10.6. The molecule has 0 aliphatic rings. The Morgan fingerprint density at radius 1 is 1.40 bits per heavy atom. The lowest BCUT2D eigenvalue weighted by Crippen LogP contribution is -2.00. The molecule has 20 heavy (non-hydrogen) atoms. The van der Waals surface area contributed by atoms with Crippen LogP contribution in [0.5, 0.6) is 0 Å². The van der Waals surface area contributed by atoms with Crippen molar-refractivity contribution in [2.24, 2.45) is 0 Å². The Morgan fingerprint density at radius 2 is 2.10 bits per heavy atom. The SMILES string of the molecule is CCC(C)c1ccc(Nc2nc(CC(=O)O)cs2)cc1. The van der Waals surface area contributed by atoms with Crippen LogP contribution in [-0.2, 0) is 11.2 Å². The minimum Gasteiger partial charge on any atom is -0.481 e. The monoisotopic (exact) mass is 290 g/mol. The number of nitrogens with zero attached hydrogens (tertiary/aromatic N) is 1. The first kappa shape index (κ1) is 14.5. The van der Waals surface area contributed by atoms with Gasteiger partial charge in [-0.3, -0.25) is 4.79 Å². The van der Waals surface area contributed by atoms with E-state index >= 15 is 0 Å². The van der Waals surface area contributed by atoms with Gasteiger partial charge >= 0.3 is 5.97 Å². The van der Waals surface area contributed by atoms with Crippen molar-refractivity contribution in [1.29, 1.82) is 0 Å². The molecule has 0 bridgehead atoms. The van der Waals surface area contributed by atoms with Crippen LogP contribution < -0.4 is 5.32 Å². The Balaban J connectivity index is 2.02. The fourth-order valence-electron chi connectivity index (χ4n) is 1.85. The minimum absolute atomic E-state index is 0.0366. The van der Waals surface area contributed by atoms with Crippen LogP contribution in [0.15, 0.2) is 29.6 Å². The van der Waals surface area contributed by atoms with Crippen LogP contribution in [0.2, 0.25) is 0 Å². The lowest BCUT2D eigenvalue weighted by molar-refractivity contribution is -0.136. The fourth-order valence-corrected chi connectivity index (χ4v) is 2.59. The molecule has 0 saturated carbocycles. The standard InChI is InChI=1S/C15H18N2O2S/c1-3-10(2)11-4-6-12(7-5-11)16-15-17-13(9-20-15)8-14(18)19/h4-7,9-10H,3,8H2,1-2H3,(H,16,17)(H,18,19). The van der Waals surface area contributed by atoms with E-state index in [0.717, 1.165) is 17.2 Å². The van der Waals surface area contributed by atoms with Crippen molar-refractivity contribution in [2.45, 2.75) is 32.6 Å². The van der Waals surface area contributed by atoms with Crippen molar-refractivity contribution in [3.05, 3.63) is 40.9 Å². The van der Waals surface area contributed by atoms with E-state index in [1.165, 1.54) is 16.9 Å². The molecule has 2 N–H and O–H groups in total. The number of hydrogen-bond donors (Lipinski definition) is 2. The number of rotatable bonds is 6. The van der Waals surface area contributed by atoms with Gasteiger partial charge in [-0.15, -0.1) is 11.3 Å². The van der Waals surface area contributed by atoms with Crippen LogP contribution in [0.3, 0.4) is 0 Å². The van der Waals surface area contributed by atoms with E-state index in [0.29, 0.717) is 11.6 Å². The second-order valence-electron chi connectivity index (χ2n) is 4.77. The van der Waals surface area contributed by atoms with Crippen molar-refractivity contribution in [3.8, 4) is 0 Å². The first-order valence-electron chi connectivity index (χ1n) is 6.61. The van der Waals surface area contributed by atoms with Gasteiger partial charge in [-0.1, -0.05) is 26.0 Å². The zero-order chi connectivity index (χ0) is 14.5. The molecule has 0 radical (unpaired) electrons. The summed E-state index contributed by atoms with van der Waals surface area (Å²) in [6.45, 7) is 4.39. The smallest absolute Gasteiger partial charge is 0.309 e. The molecule has 1 aromatic heterocycles. The van der Waals surface area contributed by atoms with Gasteiger partial charge in [-0.25, -0.2) is 4.98 Å². The molecule has 1 atom stereocenters. The van der Waals surface area contributed by atoms with Gasteiger partial charge in [0.2, 0.25) is 0 Å². The Bertz CT molecular complexity index is 578. The zero-order valence-corrected chi connectivity index (χ0v) is 12.4. The second-order valence-corrected chi connectivity index (χ2v) is 5.63. The maximum atomic E-state index is 10.6. The van der Waals surface area contributed by atoms with E-state index in [1.807, 2.05) is 12.1 Å². The summed E-state index contributed by atoms with van der Waals surface area (Å²) in [5, 5.41) is 14.4. The Morgan fingerprint density at radius 3 is 2.70 bits per heavy atom. The summed E-state index contributed by atoms with van der Waals surface area (Å²) in [6.07, 6.45) is 1.09. The summed E-state index contributed by atoms with van der Waals surface area (Å²) >= 11 is 1.42. The van der Waals surface area contributed by atoms with Crippen molar-refractivity contribution < 1.29 is 9.90 Å². The van der Waals surface area contributed by atoms with E-state index in [1.54, 1.807) is 5.38 Å². The molecule has 0 aliphatic carbocycles. The Kier molecular flexibility index (Phi) is 4.74. The van der Waals surface area contributed by atoms with Crippen molar-refractivity contribution in [2.75, 3.05) is 5.32 Å². The average Bonchev–Trinajstić information content (AvgIpc) is 2.85. The van der Waals surface area contributed by atoms with Gasteiger partial charge in [0, 0.05) is 11.1 Å². The highest BCUT2D eigenvalue weighted by atomic mass is 32.1. The van der Waals surface area contributed by atoms with Gasteiger partial charge < -0.3 is 10.4 Å². The molecule has 0 amide bonds. The number of anilines is 2. The first-order valence-corrected chi connectivity index (χ1v) is 7.49. The fraction of sp³-hybridized carbons (Fsp3) is 0.333. The van der Waals surface area contributed by atoms with Crippen LogP contribution in [0.1, 0.15) is 37.4 Å². The second kappa shape index (κ2) is 6.52. The van der Waals surface area contributed by atoms with E-state index in [2.05, 4.69) is 36.3 Å². The predicted molar refractivity (Wildman–Crippen MR) is 81.9 cm³/mol. The number of carboxylic acid groups (broad SMARTS) is 1. The summed E-state index contributed by atoms with van der Waals surface area (Å²) in [6, 6.07) is 8.28. The van der Waals surface area contributed by atoms with Gasteiger partial charge in [0.1, 0.15) is 0 Å². The molecule has 0 saturated heterocycles. The lowest BCUT2D eigenvalue weighted by atomic mass is 9.99. The summed E-state index contributed by atoms with van der Waals surface area (Å²) in [5.41, 5.74) is 2.87. The molecule has 2 aromatic rings. The number of carbonyl (C=O) groups is 1. The topological polar surface area (TPSA) is 62.2 Å². The van der Waals surface area contributed by atoms with Crippen molar-refractivity contribution in [3.63, 3.8) is 0 Å². The van der Waals surface area contributed by atoms with E-state index in [9.17, 15) is 4.79 Å². The highest BCUT2D eigenvalue weighted by molar-refractivity contribution is 7.13. The molecule has 1 aromatic carbocycles. The Hall–Kier alpha value is -1.88. The number of nitrogens with one attached hydrogen (secondary N) is 1. The summed E-state index contributed by atoms with van der Waals surface area (Å²) in [7, 11) is 0. The molecular formula is C15H18N2O2S. The van der Waals surface area contributed by atoms with Crippen LogP contribution >= 0.6 is 11.3 Å². The highest BCUT2D eigenvalue weighted by Gasteiger charge is 2.07. The molecule has 4 nitrogen and oxygen atoms in total. The number of carboxylic acids is 1. The van der Waals surface area contributed by atoms with Crippen molar-refractivity contribution >= 4 is 28.1 Å². The molecular weight excluding hydrogens is 272 g/mol. The van der Waals surface area contributed by atoms with E-state index < -0.39 is 5.97 Å². The third kappa shape index (κ3) is 3.81. The molecule has 106 valence electrons. The van der Waals surface area contributed by atoms with Gasteiger partial charge in [-0.2, -0.15) is 0 Å². The number of benzene rings is 1. The van der Waals surface area contributed by atoms with E-state index in [-0.39, 0.29) is 6.42 Å².